The lowest BCUT2D eigenvalue weighted by Gasteiger charge is -2.56. The number of benzene rings is 2. The third-order valence-electron chi connectivity index (χ3n) is 9.84. The molecule has 0 radical (unpaired) electrons. The number of amides is 1. The first-order valence-corrected chi connectivity index (χ1v) is 14.0. The maximum Gasteiger partial charge on any atom is 0.253 e. The summed E-state index contributed by atoms with van der Waals surface area (Å²) in [6.07, 6.45) is 3.37. The molecule has 8 heteroatoms. The van der Waals surface area contributed by atoms with Crippen molar-refractivity contribution >= 4 is 16.8 Å². The highest BCUT2D eigenvalue weighted by molar-refractivity contribution is 5.95. The molecular weight excluding hydrogens is 498 g/mol. The molecular formula is C31H36F2N4O2. The summed E-state index contributed by atoms with van der Waals surface area (Å²) in [6.45, 7) is 7.11. The molecule has 1 atom stereocenters. The topological polar surface area (TPSA) is 60.6 Å². The van der Waals surface area contributed by atoms with Crippen molar-refractivity contribution in [2.45, 2.75) is 51.1 Å². The van der Waals surface area contributed by atoms with Gasteiger partial charge >= 0.3 is 0 Å². The number of methoxy groups -OCH3 is 1. The van der Waals surface area contributed by atoms with Gasteiger partial charge in [0.25, 0.3) is 5.91 Å². The molecule has 2 spiro atoms. The van der Waals surface area contributed by atoms with Crippen LogP contribution < -0.4 is 10.1 Å². The lowest BCUT2D eigenvalue weighted by Crippen LogP contribution is -2.71. The Bertz CT molecular complexity index is 1410. The van der Waals surface area contributed by atoms with Crippen LogP contribution in [0.4, 0.5) is 8.78 Å². The van der Waals surface area contributed by atoms with Crippen molar-refractivity contribution in [1.82, 2.24) is 20.1 Å². The lowest BCUT2D eigenvalue weighted by molar-refractivity contribution is -0.186. The van der Waals surface area contributed by atoms with E-state index < -0.39 is 5.92 Å². The van der Waals surface area contributed by atoms with Crippen LogP contribution in [0.15, 0.2) is 42.6 Å². The number of fused-ring (bicyclic) bond motifs is 1. The fraction of sp³-hybridized carbons (Fsp3) is 0.516. The number of aromatic nitrogens is 1. The largest absolute Gasteiger partial charge is 0.496 e. The molecule has 0 bridgehead atoms. The fourth-order valence-electron chi connectivity index (χ4n) is 7.69. The number of hydrogen-bond donors (Lipinski definition) is 2. The number of halogens is 2. The molecule has 1 amide bonds. The number of ether oxygens (including phenoxy) is 1. The number of carbonyl (C=O) groups is 1. The van der Waals surface area contributed by atoms with Crippen molar-refractivity contribution in [2.24, 2.45) is 10.8 Å². The first-order chi connectivity index (χ1) is 18.7. The van der Waals surface area contributed by atoms with E-state index in [9.17, 15) is 13.6 Å². The lowest BCUT2D eigenvalue weighted by atomic mass is 9.59. The van der Waals surface area contributed by atoms with Gasteiger partial charge in [-0.1, -0.05) is 12.1 Å². The van der Waals surface area contributed by atoms with Gasteiger partial charge < -0.3 is 19.9 Å². The van der Waals surface area contributed by atoms with Crippen molar-refractivity contribution in [3.8, 4) is 5.75 Å². The van der Waals surface area contributed by atoms with Crippen LogP contribution in [0.5, 0.6) is 5.75 Å². The summed E-state index contributed by atoms with van der Waals surface area (Å²) in [5.41, 5.74) is 5.10. The van der Waals surface area contributed by atoms with Gasteiger partial charge in [0.2, 0.25) is 5.92 Å². The first kappa shape index (κ1) is 25.0. The number of rotatable bonds is 5. The summed E-state index contributed by atoms with van der Waals surface area (Å²) < 4.78 is 34.0. The van der Waals surface area contributed by atoms with Gasteiger partial charge in [0, 0.05) is 85.2 Å². The predicted molar refractivity (Wildman–Crippen MR) is 146 cm³/mol. The number of likely N-dealkylation sites (tertiary alicyclic amines) is 2. The average molecular weight is 535 g/mol. The molecule has 4 aliphatic rings. The van der Waals surface area contributed by atoms with Crippen molar-refractivity contribution in [2.75, 3.05) is 39.8 Å². The van der Waals surface area contributed by atoms with Crippen molar-refractivity contribution in [3.05, 3.63) is 64.8 Å². The zero-order valence-electron chi connectivity index (χ0n) is 22.7. The van der Waals surface area contributed by atoms with Gasteiger partial charge in [-0.15, -0.1) is 0 Å². The maximum atomic E-state index is 14.1. The number of aryl methyl sites for hydroxylation is 1. The number of hydrogen-bond acceptors (Lipinski definition) is 4. The highest BCUT2D eigenvalue weighted by atomic mass is 19.3. The molecule has 39 heavy (non-hydrogen) atoms. The third kappa shape index (κ3) is 4.14. The predicted octanol–water partition coefficient (Wildman–Crippen LogP) is 5.28. The van der Waals surface area contributed by atoms with E-state index in [1.54, 1.807) is 7.11 Å². The molecule has 206 valence electrons. The second-order valence-electron chi connectivity index (χ2n) is 12.7. The summed E-state index contributed by atoms with van der Waals surface area (Å²) in [4.78, 5) is 20.8. The van der Waals surface area contributed by atoms with Gasteiger partial charge in [0.05, 0.1) is 7.11 Å². The summed E-state index contributed by atoms with van der Waals surface area (Å²) in [6, 6.07) is 12.1. The van der Waals surface area contributed by atoms with E-state index in [2.05, 4.69) is 34.3 Å². The highest BCUT2D eigenvalue weighted by Gasteiger charge is 2.58. The van der Waals surface area contributed by atoms with Crippen LogP contribution in [0, 0.1) is 17.8 Å². The maximum absolute atomic E-state index is 14.1. The van der Waals surface area contributed by atoms with Crippen LogP contribution in [0.3, 0.4) is 0 Å². The van der Waals surface area contributed by atoms with Gasteiger partial charge in [0.15, 0.2) is 0 Å². The van der Waals surface area contributed by atoms with E-state index in [4.69, 9.17) is 4.74 Å². The van der Waals surface area contributed by atoms with Gasteiger partial charge in [-0.25, -0.2) is 8.78 Å². The molecule has 3 aliphatic heterocycles. The van der Waals surface area contributed by atoms with E-state index in [0.717, 1.165) is 72.5 Å². The quantitative estimate of drug-likeness (QED) is 0.468. The van der Waals surface area contributed by atoms with Crippen LogP contribution in [-0.2, 0) is 6.54 Å². The molecule has 4 fully saturated rings. The van der Waals surface area contributed by atoms with E-state index >= 15 is 0 Å². The van der Waals surface area contributed by atoms with E-state index in [1.807, 2.05) is 35.4 Å². The highest BCUT2D eigenvalue weighted by Crippen LogP contribution is 2.60. The molecule has 0 unspecified atom stereocenters. The number of nitrogens with one attached hydrogen (secondary N) is 2. The Morgan fingerprint density at radius 3 is 2.49 bits per heavy atom. The summed E-state index contributed by atoms with van der Waals surface area (Å²) in [5, 5.41) is 4.44. The standard InChI is InChI=1S/C31H36F2N4O2/c1-20-11-26(39-2)24(23-7-9-35-27(20)23)13-36-10-8-29(14-31(32,33)15-29)12-25(36)21-3-5-22(6-4-21)28(38)37-18-30(19-37)16-34-17-30/h3-7,9,11,25,34-35H,8,10,12-19H2,1-2H3/t25-/m1/s1. The number of alkyl halides is 2. The van der Waals surface area contributed by atoms with E-state index in [1.165, 1.54) is 0 Å². The SMILES string of the molecule is COc1cc(C)c2[nH]ccc2c1CN1CCC2(C[C@@H]1c1ccc(C(=O)N3CC4(CNC4)C3)cc1)CC(F)(F)C2. The van der Waals surface area contributed by atoms with Crippen LogP contribution >= 0.6 is 0 Å². The Kier molecular flexibility index (Phi) is 5.63. The Morgan fingerprint density at radius 1 is 1.10 bits per heavy atom. The third-order valence-corrected chi connectivity index (χ3v) is 9.84. The van der Waals surface area contributed by atoms with Gasteiger partial charge in [-0.2, -0.15) is 0 Å². The zero-order chi connectivity index (χ0) is 27.0. The Morgan fingerprint density at radius 2 is 1.85 bits per heavy atom. The van der Waals surface area contributed by atoms with E-state index in [0.29, 0.717) is 23.9 Å². The average Bonchev–Trinajstić information content (AvgIpc) is 3.34. The van der Waals surface area contributed by atoms with Crippen LogP contribution in [0.25, 0.3) is 10.9 Å². The summed E-state index contributed by atoms with van der Waals surface area (Å²) >= 11 is 0. The van der Waals surface area contributed by atoms with E-state index in [-0.39, 0.29) is 30.2 Å². The number of piperidine rings is 1. The Balaban J connectivity index is 1.16. The van der Waals surface area contributed by atoms with Crippen LogP contribution in [-0.4, -0.2) is 66.4 Å². The zero-order valence-corrected chi connectivity index (χ0v) is 22.7. The second-order valence-corrected chi connectivity index (χ2v) is 12.7. The molecule has 1 aliphatic carbocycles. The molecule has 4 heterocycles. The molecule has 2 aromatic carbocycles. The normalized spacial score (nSPS) is 24.8. The molecule has 2 N–H and O–H groups in total. The molecule has 6 nitrogen and oxygen atoms in total. The minimum absolute atomic E-state index is 0.00710. The summed E-state index contributed by atoms with van der Waals surface area (Å²) in [5.74, 6) is -1.62. The van der Waals surface area contributed by atoms with Gasteiger partial charge in [-0.3, -0.25) is 9.69 Å². The Hall–Kier alpha value is -2.97. The molecule has 3 aromatic rings. The van der Waals surface area contributed by atoms with Gasteiger partial charge in [0.1, 0.15) is 5.75 Å². The van der Waals surface area contributed by atoms with Crippen LogP contribution in [0.2, 0.25) is 0 Å². The van der Waals surface area contributed by atoms with Crippen molar-refractivity contribution in [3.63, 3.8) is 0 Å². The minimum atomic E-state index is -2.55. The number of H-pyrrole nitrogens is 1. The van der Waals surface area contributed by atoms with Crippen molar-refractivity contribution in [1.29, 1.82) is 0 Å². The summed E-state index contributed by atoms with van der Waals surface area (Å²) in [7, 11) is 1.70. The minimum Gasteiger partial charge on any atom is -0.496 e. The monoisotopic (exact) mass is 534 g/mol. The number of aromatic amines is 1. The fourth-order valence-corrected chi connectivity index (χ4v) is 7.69. The molecule has 3 saturated heterocycles. The molecule has 1 aromatic heterocycles. The second kappa shape index (κ2) is 8.77. The Labute approximate surface area is 227 Å². The molecule has 1 saturated carbocycles. The number of carbonyl (C=O) groups excluding carboxylic acids is 1. The van der Waals surface area contributed by atoms with Crippen LogP contribution in [0.1, 0.15) is 58.8 Å². The van der Waals surface area contributed by atoms with Crippen molar-refractivity contribution < 1.29 is 18.3 Å². The first-order valence-electron chi connectivity index (χ1n) is 14.0. The molecule has 7 rings (SSSR count). The smallest absolute Gasteiger partial charge is 0.253 e. The number of nitrogens with zero attached hydrogens (tertiary/aromatic N) is 2. The van der Waals surface area contributed by atoms with Gasteiger partial charge in [-0.05, 0) is 67.1 Å².